The summed E-state index contributed by atoms with van der Waals surface area (Å²) in [6.45, 7) is 9.36. The van der Waals surface area contributed by atoms with Crippen LogP contribution in [0.3, 0.4) is 0 Å². The zero-order valence-corrected chi connectivity index (χ0v) is 17.5. The van der Waals surface area contributed by atoms with Crippen molar-refractivity contribution in [1.29, 1.82) is 0 Å². The summed E-state index contributed by atoms with van der Waals surface area (Å²) >= 11 is 6.19. The lowest BCUT2D eigenvalue weighted by Gasteiger charge is -2.41. The fraction of sp³-hybridized carbons (Fsp3) is 0.435. The molecule has 0 aliphatic carbocycles. The Labute approximate surface area is 172 Å². The number of amides is 1. The normalized spacial score (nSPS) is 18.7. The first kappa shape index (κ1) is 19.3. The van der Waals surface area contributed by atoms with Gasteiger partial charge in [0, 0.05) is 50.0 Å². The van der Waals surface area contributed by atoms with E-state index in [0.717, 1.165) is 50.7 Å². The van der Waals surface area contributed by atoms with Crippen molar-refractivity contribution >= 4 is 23.2 Å². The lowest BCUT2D eigenvalue weighted by molar-refractivity contribution is -0.137. The average Bonchev–Trinajstić information content (AvgIpc) is 2.74. The maximum atomic E-state index is 13.1. The molecule has 2 aliphatic heterocycles. The van der Waals surface area contributed by atoms with Crippen molar-refractivity contribution in [3.05, 3.63) is 64.2 Å². The average molecular weight is 398 g/mol. The van der Waals surface area contributed by atoms with Gasteiger partial charge in [-0.3, -0.25) is 9.69 Å². The third-order valence-corrected chi connectivity index (χ3v) is 6.41. The van der Waals surface area contributed by atoms with Gasteiger partial charge in [0.1, 0.15) is 0 Å². The molecule has 4 nitrogen and oxygen atoms in total. The van der Waals surface area contributed by atoms with Crippen molar-refractivity contribution in [2.45, 2.75) is 32.9 Å². The van der Waals surface area contributed by atoms with Crippen LogP contribution >= 0.6 is 11.6 Å². The third kappa shape index (κ3) is 3.89. The standard InChI is InChI=1S/C23H28ClN3O/c1-17-7-8-21(24)15-22(17)26-13-11-25(12-14-26)18(2)23(28)27-10-9-19-5-3-4-6-20(19)16-27/h3-8,15,18H,9-14,16H2,1-2H3/t18-/m1/s1. The summed E-state index contributed by atoms with van der Waals surface area (Å²) in [6.07, 6.45) is 0.955. The minimum absolute atomic E-state index is 0.0760. The number of benzene rings is 2. The van der Waals surface area contributed by atoms with Gasteiger partial charge in [-0.05, 0) is 49.1 Å². The van der Waals surface area contributed by atoms with Crippen LogP contribution in [0.25, 0.3) is 0 Å². The van der Waals surface area contributed by atoms with E-state index in [-0.39, 0.29) is 11.9 Å². The highest BCUT2D eigenvalue weighted by molar-refractivity contribution is 6.30. The maximum Gasteiger partial charge on any atom is 0.239 e. The molecule has 0 aromatic heterocycles. The number of nitrogens with zero attached hydrogens (tertiary/aromatic N) is 3. The molecule has 1 atom stereocenters. The second-order valence-corrected chi connectivity index (χ2v) is 8.34. The Morgan fingerprint density at radius 3 is 2.46 bits per heavy atom. The number of piperazine rings is 1. The Balaban J connectivity index is 1.37. The number of aryl methyl sites for hydroxylation is 1. The molecule has 0 bridgehead atoms. The molecule has 2 aromatic carbocycles. The summed E-state index contributed by atoms with van der Waals surface area (Å²) < 4.78 is 0. The summed E-state index contributed by atoms with van der Waals surface area (Å²) in [6, 6.07) is 14.5. The third-order valence-electron chi connectivity index (χ3n) is 6.17. The first-order valence-corrected chi connectivity index (χ1v) is 10.5. The number of anilines is 1. The number of hydrogen-bond donors (Lipinski definition) is 0. The fourth-order valence-electron chi connectivity index (χ4n) is 4.38. The minimum Gasteiger partial charge on any atom is -0.369 e. The van der Waals surface area contributed by atoms with Gasteiger partial charge < -0.3 is 9.80 Å². The van der Waals surface area contributed by atoms with Crippen molar-refractivity contribution in [2.75, 3.05) is 37.6 Å². The summed E-state index contributed by atoms with van der Waals surface area (Å²) in [7, 11) is 0. The Morgan fingerprint density at radius 1 is 1.00 bits per heavy atom. The summed E-state index contributed by atoms with van der Waals surface area (Å²) in [5.74, 6) is 0.252. The first-order valence-electron chi connectivity index (χ1n) is 10.1. The van der Waals surface area contributed by atoms with Gasteiger partial charge in [0.15, 0.2) is 0 Å². The minimum atomic E-state index is -0.0760. The number of hydrogen-bond acceptors (Lipinski definition) is 3. The molecule has 2 aromatic rings. The molecule has 1 saturated heterocycles. The van der Waals surface area contributed by atoms with E-state index >= 15 is 0 Å². The van der Waals surface area contributed by atoms with Crippen LogP contribution in [0.4, 0.5) is 5.69 Å². The highest BCUT2D eigenvalue weighted by Gasteiger charge is 2.30. The molecule has 1 amide bonds. The molecule has 1 fully saturated rings. The van der Waals surface area contributed by atoms with Crippen LogP contribution in [0.5, 0.6) is 0 Å². The summed E-state index contributed by atoms with van der Waals surface area (Å²) in [5, 5.41) is 0.775. The monoisotopic (exact) mass is 397 g/mol. The van der Waals surface area contributed by atoms with Gasteiger partial charge in [0.05, 0.1) is 6.04 Å². The van der Waals surface area contributed by atoms with Gasteiger partial charge in [-0.1, -0.05) is 41.9 Å². The molecule has 0 radical (unpaired) electrons. The van der Waals surface area contributed by atoms with Crippen LogP contribution in [0.15, 0.2) is 42.5 Å². The van der Waals surface area contributed by atoms with Crippen molar-refractivity contribution < 1.29 is 4.79 Å². The van der Waals surface area contributed by atoms with Crippen LogP contribution in [0, 0.1) is 6.92 Å². The SMILES string of the molecule is Cc1ccc(Cl)cc1N1CCN([C@H](C)C(=O)N2CCc3ccccc3C2)CC1. The second-order valence-electron chi connectivity index (χ2n) is 7.91. The maximum absolute atomic E-state index is 13.1. The van der Waals surface area contributed by atoms with Crippen molar-refractivity contribution in [3.63, 3.8) is 0 Å². The lowest BCUT2D eigenvalue weighted by Crippen LogP contribution is -2.55. The van der Waals surface area contributed by atoms with Crippen LogP contribution in [-0.4, -0.2) is 54.5 Å². The van der Waals surface area contributed by atoms with Gasteiger partial charge in [-0.25, -0.2) is 0 Å². The summed E-state index contributed by atoms with van der Waals surface area (Å²) in [4.78, 5) is 19.8. The molecule has 0 saturated carbocycles. The van der Waals surface area contributed by atoms with Gasteiger partial charge in [-0.2, -0.15) is 0 Å². The molecular weight excluding hydrogens is 370 g/mol. The molecule has 4 rings (SSSR count). The Morgan fingerprint density at radius 2 is 1.71 bits per heavy atom. The topological polar surface area (TPSA) is 26.8 Å². The largest absolute Gasteiger partial charge is 0.369 e. The van der Waals surface area contributed by atoms with Gasteiger partial charge in [0.2, 0.25) is 5.91 Å². The van der Waals surface area contributed by atoms with E-state index < -0.39 is 0 Å². The smallest absolute Gasteiger partial charge is 0.239 e. The number of carbonyl (C=O) groups excluding carboxylic acids is 1. The molecule has 2 heterocycles. The number of fused-ring (bicyclic) bond motifs is 1. The molecule has 5 heteroatoms. The van der Waals surface area contributed by atoms with Gasteiger partial charge in [0.25, 0.3) is 0 Å². The van der Waals surface area contributed by atoms with E-state index in [4.69, 9.17) is 11.6 Å². The quantitative estimate of drug-likeness (QED) is 0.789. The number of halogens is 1. The number of carbonyl (C=O) groups is 1. The lowest BCUT2D eigenvalue weighted by atomic mass is 9.99. The predicted octanol–water partition coefficient (Wildman–Crippen LogP) is 3.74. The molecule has 0 unspecified atom stereocenters. The van der Waals surface area contributed by atoms with E-state index in [2.05, 4.69) is 54.0 Å². The van der Waals surface area contributed by atoms with E-state index in [1.54, 1.807) is 0 Å². The molecule has 148 valence electrons. The van der Waals surface area contributed by atoms with Crippen molar-refractivity contribution in [2.24, 2.45) is 0 Å². The van der Waals surface area contributed by atoms with Gasteiger partial charge >= 0.3 is 0 Å². The van der Waals surface area contributed by atoms with Crippen LogP contribution in [-0.2, 0) is 17.8 Å². The molecule has 28 heavy (non-hydrogen) atoms. The van der Waals surface area contributed by atoms with E-state index in [1.165, 1.54) is 22.4 Å². The first-order chi connectivity index (χ1) is 13.5. The van der Waals surface area contributed by atoms with Crippen LogP contribution < -0.4 is 4.90 Å². The van der Waals surface area contributed by atoms with Crippen LogP contribution in [0.1, 0.15) is 23.6 Å². The van der Waals surface area contributed by atoms with E-state index in [1.807, 2.05) is 17.0 Å². The highest BCUT2D eigenvalue weighted by atomic mass is 35.5. The highest BCUT2D eigenvalue weighted by Crippen LogP contribution is 2.26. The zero-order valence-electron chi connectivity index (χ0n) is 16.7. The Bertz CT molecular complexity index is 861. The number of rotatable bonds is 3. The molecular formula is C23H28ClN3O. The fourth-order valence-corrected chi connectivity index (χ4v) is 4.54. The Hall–Kier alpha value is -2.04. The molecule has 2 aliphatic rings. The zero-order chi connectivity index (χ0) is 19.7. The predicted molar refractivity (Wildman–Crippen MR) is 115 cm³/mol. The van der Waals surface area contributed by atoms with Crippen molar-refractivity contribution in [1.82, 2.24) is 9.80 Å². The molecule has 0 N–H and O–H groups in total. The van der Waals surface area contributed by atoms with E-state index in [9.17, 15) is 4.79 Å². The van der Waals surface area contributed by atoms with Crippen molar-refractivity contribution in [3.8, 4) is 0 Å². The Kier molecular flexibility index (Phi) is 5.61. The van der Waals surface area contributed by atoms with Crippen LogP contribution in [0.2, 0.25) is 5.02 Å². The van der Waals surface area contributed by atoms with Gasteiger partial charge in [-0.15, -0.1) is 0 Å². The van der Waals surface area contributed by atoms with E-state index in [0.29, 0.717) is 0 Å². The summed E-state index contributed by atoms with van der Waals surface area (Å²) in [5.41, 5.74) is 5.12. The molecule has 0 spiro atoms. The second kappa shape index (κ2) is 8.14.